The molecule has 0 bridgehead atoms. The Balaban J connectivity index is 1.85. The van der Waals surface area contributed by atoms with Gasteiger partial charge in [0, 0.05) is 31.4 Å². The van der Waals surface area contributed by atoms with Gasteiger partial charge in [0.15, 0.2) is 0 Å². The van der Waals surface area contributed by atoms with Crippen LogP contribution in [0, 0.1) is 5.82 Å². The Kier molecular flexibility index (Phi) is 5.38. The zero-order chi connectivity index (χ0) is 17.9. The van der Waals surface area contributed by atoms with E-state index in [1.165, 1.54) is 30.5 Å². The van der Waals surface area contributed by atoms with E-state index in [0.717, 1.165) is 5.56 Å². The van der Waals surface area contributed by atoms with Gasteiger partial charge in [-0.1, -0.05) is 23.7 Å². The number of rotatable bonds is 5. The van der Waals surface area contributed by atoms with E-state index < -0.39 is 15.4 Å². The Hall–Kier alpha value is -1.54. The van der Waals surface area contributed by atoms with Gasteiger partial charge in [-0.05, 0) is 42.7 Å². The lowest BCUT2D eigenvalue weighted by molar-refractivity contribution is 0.0516. The zero-order valence-electron chi connectivity index (χ0n) is 13.4. The summed E-state index contributed by atoms with van der Waals surface area (Å²) in [7, 11) is -3.74. The average Bonchev–Trinajstić information content (AvgIpc) is 2.61. The SMILES string of the molecule is O=S(=O)(NCC1(c2cccc(F)c2)CCOCC1)c1ccc(Cl)nc1. The first kappa shape index (κ1) is 18.3. The molecule has 1 aliphatic heterocycles. The van der Waals surface area contributed by atoms with Crippen LogP contribution in [0.15, 0.2) is 47.5 Å². The molecule has 1 fully saturated rings. The molecule has 0 atom stereocenters. The zero-order valence-corrected chi connectivity index (χ0v) is 15.0. The lowest BCUT2D eigenvalue weighted by atomic mass is 9.74. The summed E-state index contributed by atoms with van der Waals surface area (Å²) < 4.78 is 46.8. The summed E-state index contributed by atoms with van der Waals surface area (Å²) in [6.45, 7) is 1.16. The van der Waals surface area contributed by atoms with E-state index in [4.69, 9.17) is 16.3 Å². The minimum atomic E-state index is -3.74. The van der Waals surface area contributed by atoms with Crippen LogP contribution in [-0.2, 0) is 20.2 Å². The second kappa shape index (κ2) is 7.37. The summed E-state index contributed by atoms with van der Waals surface area (Å²) >= 11 is 5.70. The fraction of sp³-hybridized carbons (Fsp3) is 0.353. The number of pyridine rings is 1. The number of benzene rings is 1. The summed E-state index contributed by atoms with van der Waals surface area (Å²) in [5.74, 6) is -0.340. The van der Waals surface area contributed by atoms with Crippen LogP contribution in [0.4, 0.5) is 4.39 Å². The van der Waals surface area contributed by atoms with Gasteiger partial charge in [-0.15, -0.1) is 0 Å². The number of ether oxygens (including phenoxy) is 1. The molecule has 0 amide bonds. The van der Waals surface area contributed by atoms with Crippen LogP contribution >= 0.6 is 11.6 Å². The van der Waals surface area contributed by atoms with E-state index >= 15 is 0 Å². The van der Waals surface area contributed by atoms with E-state index in [0.29, 0.717) is 26.1 Å². The molecular weight excluding hydrogens is 367 g/mol. The van der Waals surface area contributed by atoms with Crippen molar-refractivity contribution < 1.29 is 17.5 Å². The van der Waals surface area contributed by atoms with Crippen LogP contribution in [0.3, 0.4) is 0 Å². The summed E-state index contributed by atoms with van der Waals surface area (Å²) in [5, 5.41) is 0.222. The molecule has 2 aromatic rings. The van der Waals surface area contributed by atoms with E-state index in [1.54, 1.807) is 6.07 Å². The quantitative estimate of drug-likeness (QED) is 0.805. The Morgan fingerprint density at radius 2 is 2.00 bits per heavy atom. The first-order chi connectivity index (χ1) is 11.9. The number of sulfonamides is 1. The normalized spacial score (nSPS) is 17.4. The molecule has 134 valence electrons. The lowest BCUT2D eigenvalue weighted by Crippen LogP contribution is -2.44. The van der Waals surface area contributed by atoms with Crippen molar-refractivity contribution in [1.82, 2.24) is 9.71 Å². The van der Waals surface area contributed by atoms with Crippen molar-refractivity contribution in [2.45, 2.75) is 23.2 Å². The minimum absolute atomic E-state index is 0.0401. The summed E-state index contributed by atoms with van der Waals surface area (Å²) in [5.41, 5.74) is 0.264. The first-order valence-corrected chi connectivity index (χ1v) is 9.72. The van der Waals surface area contributed by atoms with Crippen molar-refractivity contribution in [3.8, 4) is 0 Å². The van der Waals surface area contributed by atoms with Gasteiger partial charge in [-0.25, -0.2) is 22.5 Å². The van der Waals surface area contributed by atoms with Crippen LogP contribution in [0.5, 0.6) is 0 Å². The maximum absolute atomic E-state index is 13.7. The van der Waals surface area contributed by atoms with Crippen molar-refractivity contribution in [2.24, 2.45) is 0 Å². The molecule has 8 heteroatoms. The molecule has 1 saturated heterocycles. The van der Waals surface area contributed by atoms with Crippen molar-refractivity contribution in [2.75, 3.05) is 19.8 Å². The molecule has 3 rings (SSSR count). The van der Waals surface area contributed by atoms with Gasteiger partial charge in [0.25, 0.3) is 0 Å². The van der Waals surface area contributed by atoms with E-state index in [2.05, 4.69) is 9.71 Å². The number of nitrogens with one attached hydrogen (secondary N) is 1. The predicted molar refractivity (Wildman–Crippen MR) is 92.6 cm³/mol. The van der Waals surface area contributed by atoms with E-state index in [1.807, 2.05) is 6.07 Å². The number of hydrogen-bond acceptors (Lipinski definition) is 4. The van der Waals surface area contributed by atoms with E-state index in [9.17, 15) is 12.8 Å². The minimum Gasteiger partial charge on any atom is -0.381 e. The molecule has 1 aromatic heterocycles. The number of hydrogen-bond donors (Lipinski definition) is 1. The molecular formula is C17H18ClFN2O3S. The van der Waals surface area contributed by atoms with Crippen molar-refractivity contribution >= 4 is 21.6 Å². The van der Waals surface area contributed by atoms with Gasteiger partial charge in [0.05, 0.1) is 0 Å². The van der Waals surface area contributed by atoms with Crippen LogP contribution in [-0.4, -0.2) is 33.2 Å². The monoisotopic (exact) mass is 384 g/mol. The lowest BCUT2D eigenvalue weighted by Gasteiger charge is -2.37. The molecule has 25 heavy (non-hydrogen) atoms. The second-order valence-electron chi connectivity index (χ2n) is 6.04. The topological polar surface area (TPSA) is 68.3 Å². The highest BCUT2D eigenvalue weighted by molar-refractivity contribution is 7.89. The number of halogens is 2. The first-order valence-electron chi connectivity index (χ1n) is 7.86. The number of nitrogens with zero attached hydrogens (tertiary/aromatic N) is 1. The molecule has 0 aliphatic carbocycles. The van der Waals surface area contributed by atoms with Crippen LogP contribution < -0.4 is 4.72 Å². The average molecular weight is 385 g/mol. The Labute approximate surface area is 151 Å². The molecule has 2 heterocycles. The maximum Gasteiger partial charge on any atom is 0.242 e. The predicted octanol–water partition coefficient (Wildman–Crippen LogP) is 2.90. The Morgan fingerprint density at radius 1 is 1.24 bits per heavy atom. The van der Waals surface area contributed by atoms with Gasteiger partial charge in [-0.2, -0.15) is 0 Å². The number of aromatic nitrogens is 1. The summed E-state index contributed by atoms with van der Waals surface area (Å²) in [4.78, 5) is 3.84. The van der Waals surface area contributed by atoms with Gasteiger partial charge < -0.3 is 4.74 Å². The largest absolute Gasteiger partial charge is 0.381 e. The standard InChI is InChI=1S/C17H18ClFN2O3S/c18-16-5-4-15(11-20-16)25(22,23)21-12-17(6-8-24-9-7-17)13-2-1-3-14(19)10-13/h1-5,10-11,21H,6-9,12H2. The van der Waals surface area contributed by atoms with Crippen LogP contribution in [0.1, 0.15) is 18.4 Å². The molecule has 0 spiro atoms. The van der Waals surface area contributed by atoms with Gasteiger partial charge in [0.1, 0.15) is 15.9 Å². The highest BCUT2D eigenvalue weighted by Crippen LogP contribution is 2.35. The fourth-order valence-corrected chi connectivity index (χ4v) is 4.17. The Morgan fingerprint density at radius 3 is 2.64 bits per heavy atom. The molecule has 1 aliphatic rings. The molecule has 0 saturated carbocycles. The van der Waals surface area contributed by atoms with Gasteiger partial charge >= 0.3 is 0 Å². The molecule has 0 unspecified atom stereocenters. The van der Waals surface area contributed by atoms with E-state index in [-0.39, 0.29) is 22.4 Å². The fourth-order valence-electron chi connectivity index (χ4n) is 2.99. The Bertz CT molecular complexity index is 837. The van der Waals surface area contributed by atoms with Gasteiger partial charge in [0.2, 0.25) is 10.0 Å². The van der Waals surface area contributed by atoms with Crippen LogP contribution in [0.25, 0.3) is 0 Å². The third kappa shape index (κ3) is 4.17. The van der Waals surface area contributed by atoms with Crippen molar-refractivity contribution in [3.05, 3.63) is 59.1 Å². The smallest absolute Gasteiger partial charge is 0.242 e. The maximum atomic E-state index is 13.7. The van der Waals surface area contributed by atoms with Crippen LogP contribution in [0.2, 0.25) is 5.15 Å². The van der Waals surface area contributed by atoms with Crippen molar-refractivity contribution in [1.29, 1.82) is 0 Å². The highest BCUT2D eigenvalue weighted by atomic mass is 35.5. The third-order valence-electron chi connectivity index (χ3n) is 4.50. The molecule has 0 radical (unpaired) electrons. The van der Waals surface area contributed by atoms with Crippen molar-refractivity contribution in [3.63, 3.8) is 0 Å². The molecule has 5 nitrogen and oxygen atoms in total. The third-order valence-corrected chi connectivity index (χ3v) is 6.11. The molecule has 1 N–H and O–H groups in total. The second-order valence-corrected chi connectivity index (χ2v) is 8.20. The summed E-state index contributed by atoms with van der Waals surface area (Å²) in [6.07, 6.45) is 2.43. The highest BCUT2D eigenvalue weighted by Gasteiger charge is 2.36. The molecule has 1 aromatic carbocycles. The van der Waals surface area contributed by atoms with Gasteiger partial charge in [-0.3, -0.25) is 0 Å². The summed E-state index contributed by atoms with van der Waals surface area (Å²) in [6, 6.07) is 9.12.